The Morgan fingerprint density at radius 1 is 0.867 bits per heavy atom. The molecule has 15 heavy (non-hydrogen) atoms. The predicted octanol–water partition coefficient (Wildman–Crippen LogP) is 0.942. The van der Waals surface area contributed by atoms with Gasteiger partial charge in [-0.1, -0.05) is 34.1 Å². The van der Waals surface area contributed by atoms with Crippen LogP contribution >= 0.6 is 0 Å². The quantitative estimate of drug-likeness (QED) is 0.515. The van der Waals surface area contributed by atoms with Gasteiger partial charge >= 0.3 is 0 Å². The van der Waals surface area contributed by atoms with Crippen LogP contribution in [0.25, 0.3) is 0 Å². The first-order chi connectivity index (χ1) is 6.81. The molecule has 0 heterocycles. The van der Waals surface area contributed by atoms with E-state index in [0.29, 0.717) is 5.92 Å². The Bertz CT molecular complexity index is 116. The Morgan fingerprint density at radius 3 is 1.40 bits per heavy atom. The summed E-state index contributed by atoms with van der Waals surface area (Å²) in [5, 5.41) is 0. The fourth-order valence-electron chi connectivity index (χ4n) is 0.798. The van der Waals surface area contributed by atoms with Crippen molar-refractivity contribution in [1.82, 2.24) is 0 Å². The number of rotatable bonds is 5. The van der Waals surface area contributed by atoms with Crippen molar-refractivity contribution in [1.29, 1.82) is 0 Å². The molecule has 0 amide bonds. The van der Waals surface area contributed by atoms with E-state index in [4.69, 9.17) is 22.9 Å². The first kappa shape index (κ1) is 17.2. The van der Waals surface area contributed by atoms with Gasteiger partial charge in [0.05, 0.1) is 12.3 Å². The lowest BCUT2D eigenvalue weighted by atomic mass is 10.1. The van der Waals surface area contributed by atoms with Crippen LogP contribution in [0.4, 0.5) is 0 Å². The van der Waals surface area contributed by atoms with E-state index in [1.807, 2.05) is 6.92 Å². The average molecular weight is 218 g/mol. The van der Waals surface area contributed by atoms with E-state index in [0.717, 1.165) is 25.2 Å². The second kappa shape index (κ2) is 10.4. The molecule has 1 unspecified atom stereocenters. The minimum Gasteiger partial charge on any atom is -0.316 e. The van der Waals surface area contributed by atoms with Gasteiger partial charge in [0.25, 0.3) is 0 Å². The smallest absolute Gasteiger partial charge is 0.0547 e. The number of nitrogens with two attached hydrogens (primary N) is 4. The van der Waals surface area contributed by atoms with Crippen LogP contribution < -0.4 is 22.9 Å². The second-order valence-electron chi connectivity index (χ2n) is 4.60. The molecule has 8 N–H and O–H groups in total. The van der Waals surface area contributed by atoms with Crippen LogP contribution in [0.3, 0.4) is 0 Å². The van der Waals surface area contributed by atoms with Gasteiger partial charge in [-0.25, -0.2) is 0 Å². The molecule has 4 nitrogen and oxygen atoms in total. The molecule has 0 aliphatic rings. The minimum absolute atomic E-state index is 0.114. The largest absolute Gasteiger partial charge is 0.316 e. The van der Waals surface area contributed by atoms with Gasteiger partial charge in [0.15, 0.2) is 0 Å². The van der Waals surface area contributed by atoms with Crippen LogP contribution in [0.2, 0.25) is 0 Å². The normalized spacial score (nSPS) is 13.0. The van der Waals surface area contributed by atoms with Crippen LogP contribution in [0, 0.1) is 11.8 Å². The fraction of sp³-hybridized carbons (Fsp3) is 1.00. The van der Waals surface area contributed by atoms with Crippen molar-refractivity contribution >= 4 is 0 Å². The molecule has 1 atom stereocenters. The summed E-state index contributed by atoms with van der Waals surface area (Å²) in [6.07, 6.45) is 2.90. The van der Waals surface area contributed by atoms with Gasteiger partial charge in [-0.2, -0.15) is 0 Å². The Hall–Kier alpha value is -0.160. The molecule has 0 aromatic heterocycles. The summed E-state index contributed by atoms with van der Waals surface area (Å²) in [6.45, 7) is 8.47. The van der Waals surface area contributed by atoms with Gasteiger partial charge in [-0.15, -0.1) is 0 Å². The SMILES string of the molecule is CC(C)CCC(N)N.CCC(C)C(N)N. The van der Waals surface area contributed by atoms with Crippen LogP contribution in [0.15, 0.2) is 0 Å². The van der Waals surface area contributed by atoms with Crippen LogP contribution in [0.1, 0.15) is 47.0 Å². The van der Waals surface area contributed by atoms with Crippen molar-refractivity contribution in [3.05, 3.63) is 0 Å². The van der Waals surface area contributed by atoms with Crippen molar-refractivity contribution in [3.63, 3.8) is 0 Å². The number of hydrogen-bond acceptors (Lipinski definition) is 4. The van der Waals surface area contributed by atoms with E-state index in [1.54, 1.807) is 0 Å². The summed E-state index contributed by atoms with van der Waals surface area (Å²) in [5.41, 5.74) is 21.3. The highest BCUT2D eigenvalue weighted by molar-refractivity contribution is 4.58. The molecule has 0 radical (unpaired) electrons. The van der Waals surface area contributed by atoms with Crippen molar-refractivity contribution in [2.24, 2.45) is 34.8 Å². The van der Waals surface area contributed by atoms with E-state index in [2.05, 4.69) is 20.8 Å². The van der Waals surface area contributed by atoms with Crippen molar-refractivity contribution in [2.75, 3.05) is 0 Å². The van der Waals surface area contributed by atoms with Crippen LogP contribution in [-0.4, -0.2) is 12.3 Å². The lowest BCUT2D eigenvalue weighted by Gasteiger charge is -2.10. The molecule has 0 saturated carbocycles. The molecule has 0 bridgehead atoms. The zero-order valence-electron chi connectivity index (χ0n) is 10.7. The zero-order valence-corrected chi connectivity index (χ0v) is 10.7. The summed E-state index contributed by atoms with van der Waals surface area (Å²) in [7, 11) is 0. The van der Waals surface area contributed by atoms with E-state index < -0.39 is 0 Å². The van der Waals surface area contributed by atoms with Crippen LogP contribution in [-0.2, 0) is 0 Å². The van der Waals surface area contributed by atoms with Gasteiger partial charge in [0, 0.05) is 0 Å². The Kier molecular flexibility index (Phi) is 11.9. The Labute approximate surface area is 94.8 Å². The third-order valence-corrected chi connectivity index (χ3v) is 2.38. The van der Waals surface area contributed by atoms with Crippen molar-refractivity contribution in [3.8, 4) is 0 Å². The van der Waals surface area contributed by atoms with Gasteiger partial charge in [0.1, 0.15) is 0 Å². The number of hydrogen-bond donors (Lipinski definition) is 4. The average Bonchev–Trinajstić information content (AvgIpc) is 2.14. The lowest BCUT2D eigenvalue weighted by Crippen LogP contribution is -2.36. The molecular weight excluding hydrogens is 188 g/mol. The third-order valence-electron chi connectivity index (χ3n) is 2.38. The van der Waals surface area contributed by atoms with Gasteiger partial charge in [-0.3, -0.25) is 0 Å². The van der Waals surface area contributed by atoms with Gasteiger partial charge < -0.3 is 22.9 Å². The predicted molar refractivity (Wildman–Crippen MR) is 67.9 cm³/mol. The Morgan fingerprint density at radius 2 is 1.33 bits per heavy atom. The molecule has 0 aromatic carbocycles. The molecule has 0 aromatic rings. The highest BCUT2D eigenvalue weighted by Gasteiger charge is 2.01. The Balaban J connectivity index is 0. The van der Waals surface area contributed by atoms with E-state index >= 15 is 0 Å². The van der Waals surface area contributed by atoms with E-state index in [1.165, 1.54) is 0 Å². The molecule has 0 aliphatic heterocycles. The van der Waals surface area contributed by atoms with Crippen LogP contribution in [0.5, 0.6) is 0 Å². The first-order valence-corrected chi connectivity index (χ1v) is 5.83. The second-order valence-corrected chi connectivity index (χ2v) is 4.60. The van der Waals surface area contributed by atoms with E-state index in [9.17, 15) is 0 Å². The topological polar surface area (TPSA) is 104 Å². The molecule has 0 saturated heterocycles. The minimum atomic E-state index is -0.134. The molecule has 4 heteroatoms. The molecular formula is C11H30N4. The highest BCUT2D eigenvalue weighted by atomic mass is 14.9. The monoisotopic (exact) mass is 218 g/mol. The van der Waals surface area contributed by atoms with Crippen molar-refractivity contribution in [2.45, 2.75) is 59.3 Å². The maximum absolute atomic E-state index is 5.32. The molecule has 0 aliphatic carbocycles. The van der Waals surface area contributed by atoms with Gasteiger partial charge in [-0.05, 0) is 24.7 Å². The summed E-state index contributed by atoms with van der Waals surface area (Å²) in [6, 6.07) is 0. The fourth-order valence-corrected chi connectivity index (χ4v) is 0.798. The summed E-state index contributed by atoms with van der Waals surface area (Å²) < 4.78 is 0. The maximum atomic E-state index is 5.32. The zero-order chi connectivity index (χ0) is 12.4. The highest BCUT2D eigenvalue weighted by Crippen LogP contribution is 2.02. The van der Waals surface area contributed by atoms with Gasteiger partial charge in [0.2, 0.25) is 0 Å². The third kappa shape index (κ3) is 16.5. The molecule has 0 fully saturated rings. The lowest BCUT2D eigenvalue weighted by molar-refractivity contribution is 0.454. The summed E-state index contributed by atoms with van der Waals surface area (Å²) in [4.78, 5) is 0. The summed E-state index contributed by atoms with van der Waals surface area (Å²) >= 11 is 0. The first-order valence-electron chi connectivity index (χ1n) is 5.83. The standard InChI is InChI=1S/C6H16N2.C5H14N2/c1-5(2)3-4-6(7)8;1-3-4(2)5(6)7/h5-6H,3-4,7-8H2,1-2H3;4-5H,3,6-7H2,1-2H3. The van der Waals surface area contributed by atoms with Crippen molar-refractivity contribution < 1.29 is 0 Å². The molecule has 94 valence electrons. The summed E-state index contributed by atoms with van der Waals surface area (Å²) in [5.74, 6) is 1.18. The van der Waals surface area contributed by atoms with E-state index in [-0.39, 0.29) is 12.3 Å². The molecule has 0 rings (SSSR count). The molecule has 0 spiro atoms. The maximum Gasteiger partial charge on any atom is 0.0547 e.